The van der Waals surface area contributed by atoms with Gasteiger partial charge < -0.3 is 14.8 Å². The second kappa shape index (κ2) is 8.68. The van der Waals surface area contributed by atoms with E-state index in [4.69, 9.17) is 9.47 Å². The molecule has 2 aromatic carbocycles. The molecule has 0 unspecified atom stereocenters. The van der Waals surface area contributed by atoms with E-state index in [2.05, 4.69) is 17.4 Å². The average molecular weight is 365 g/mol. The maximum atomic E-state index is 13.0. The molecule has 0 radical (unpaired) electrons. The normalized spacial score (nSPS) is 23.3. The van der Waals surface area contributed by atoms with E-state index in [1.807, 2.05) is 42.5 Å². The van der Waals surface area contributed by atoms with Crippen LogP contribution in [-0.4, -0.2) is 38.2 Å². The summed E-state index contributed by atoms with van der Waals surface area (Å²) in [5.41, 5.74) is 2.28. The summed E-state index contributed by atoms with van der Waals surface area (Å²) >= 11 is 0. The first-order chi connectivity index (χ1) is 13.3. The summed E-state index contributed by atoms with van der Waals surface area (Å²) in [6, 6.07) is 18.4. The molecule has 0 amide bonds. The van der Waals surface area contributed by atoms with Crippen molar-refractivity contribution < 1.29 is 14.3 Å². The fraction of sp³-hybridized carbons (Fsp3) is 0.435. The molecule has 0 spiro atoms. The third-order valence-corrected chi connectivity index (χ3v) is 5.60. The summed E-state index contributed by atoms with van der Waals surface area (Å²) in [6.45, 7) is 3.15. The summed E-state index contributed by atoms with van der Waals surface area (Å²) in [6.07, 6.45) is 2.53. The van der Waals surface area contributed by atoms with Crippen molar-refractivity contribution in [2.45, 2.75) is 31.3 Å². The van der Waals surface area contributed by atoms with Crippen molar-refractivity contribution in [1.29, 1.82) is 0 Å². The van der Waals surface area contributed by atoms with Crippen molar-refractivity contribution in [2.24, 2.45) is 5.92 Å². The van der Waals surface area contributed by atoms with Crippen LogP contribution in [0.4, 0.5) is 0 Å². The van der Waals surface area contributed by atoms with E-state index in [9.17, 15) is 4.79 Å². The maximum absolute atomic E-state index is 13.0. The summed E-state index contributed by atoms with van der Waals surface area (Å²) in [5, 5.41) is 3.40. The van der Waals surface area contributed by atoms with Crippen LogP contribution in [0.25, 0.3) is 0 Å². The standard InChI is InChI=1S/C23H27NO3/c25-23(22-16-24-15-21(22)18-6-2-1-3-7-18)14-17-5-4-8-20(13-17)27-19-9-11-26-12-10-19/h1-8,13,19,21-22,24H,9-12,14-16H2/t21-,22+/m0/s1. The highest BCUT2D eigenvalue weighted by molar-refractivity contribution is 5.85. The third kappa shape index (κ3) is 4.57. The van der Waals surface area contributed by atoms with Gasteiger partial charge in [-0.1, -0.05) is 42.5 Å². The zero-order chi connectivity index (χ0) is 18.5. The van der Waals surface area contributed by atoms with E-state index in [-0.39, 0.29) is 17.9 Å². The lowest BCUT2D eigenvalue weighted by Crippen LogP contribution is -2.26. The Morgan fingerprint density at radius 1 is 1.04 bits per heavy atom. The molecule has 1 N–H and O–H groups in total. The van der Waals surface area contributed by atoms with E-state index >= 15 is 0 Å². The smallest absolute Gasteiger partial charge is 0.142 e. The molecule has 4 heteroatoms. The van der Waals surface area contributed by atoms with Gasteiger partial charge in [-0.3, -0.25) is 4.79 Å². The Morgan fingerprint density at radius 2 is 1.85 bits per heavy atom. The minimum Gasteiger partial charge on any atom is -0.490 e. The van der Waals surface area contributed by atoms with Crippen molar-refractivity contribution in [1.82, 2.24) is 5.32 Å². The number of nitrogens with one attached hydrogen (secondary N) is 1. The molecule has 0 aliphatic carbocycles. The van der Waals surface area contributed by atoms with Crippen LogP contribution in [0.1, 0.15) is 29.9 Å². The Morgan fingerprint density at radius 3 is 2.67 bits per heavy atom. The molecule has 2 aliphatic rings. The molecule has 2 aromatic rings. The first-order valence-corrected chi connectivity index (χ1v) is 9.91. The Kier molecular flexibility index (Phi) is 5.85. The molecule has 4 nitrogen and oxygen atoms in total. The number of hydrogen-bond donors (Lipinski definition) is 1. The van der Waals surface area contributed by atoms with Crippen LogP contribution in [0.3, 0.4) is 0 Å². The predicted molar refractivity (Wildman–Crippen MR) is 105 cm³/mol. The van der Waals surface area contributed by atoms with Gasteiger partial charge in [-0.05, 0) is 23.3 Å². The number of Topliss-reactive ketones (excluding diaryl/α,β-unsaturated/α-hetero) is 1. The molecule has 2 atom stereocenters. The molecule has 2 fully saturated rings. The number of ketones is 1. The summed E-state index contributed by atoms with van der Waals surface area (Å²) < 4.78 is 11.5. The Hall–Kier alpha value is -2.17. The maximum Gasteiger partial charge on any atom is 0.142 e. The highest BCUT2D eigenvalue weighted by atomic mass is 16.5. The van der Waals surface area contributed by atoms with Crippen molar-refractivity contribution in [3.8, 4) is 5.75 Å². The molecule has 2 saturated heterocycles. The number of carbonyl (C=O) groups is 1. The zero-order valence-corrected chi connectivity index (χ0v) is 15.6. The third-order valence-electron chi connectivity index (χ3n) is 5.60. The molecular weight excluding hydrogens is 338 g/mol. The van der Waals surface area contributed by atoms with Crippen molar-refractivity contribution in [3.05, 3.63) is 65.7 Å². The van der Waals surface area contributed by atoms with E-state index < -0.39 is 0 Å². The largest absolute Gasteiger partial charge is 0.490 e. The van der Waals surface area contributed by atoms with Crippen LogP contribution in [-0.2, 0) is 16.0 Å². The number of hydrogen-bond acceptors (Lipinski definition) is 4. The average Bonchev–Trinajstić information content (AvgIpc) is 3.20. The molecule has 0 bridgehead atoms. The second-order valence-corrected chi connectivity index (χ2v) is 7.50. The van der Waals surface area contributed by atoms with Crippen molar-refractivity contribution >= 4 is 5.78 Å². The number of rotatable bonds is 6. The zero-order valence-electron chi connectivity index (χ0n) is 15.6. The fourth-order valence-corrected chi connectivity index (χ4v) is 4.11. The molecule has 4 rings (SSSR count). The molecule has 27 heavy (non-hydrogen) atoms. The number of benzene rings is 2. The minimum absolute atomic E-state index is 0.0347. The highest BCUT2D eigenvalue weighted by Gasteiger charge is 2.33. The van der Waals surface area contributed by atoms with Gasteiger partial charge in [-0.2, -0.15) is 0 Å². The lowest BCUT2D eigenvalue weighted by molar-refractivity contribution is -0.122. The van der Waals surface area contributed by atoms with Crippen LogP contribution >= 0.6 is 0 Å². The SMILES string of the molecule is O=C(Cc1cccc(OC2CCOCC2)c1)[C@@H]1CNC[C@H]1c1ccccc1. The van der Waals surface area contributed by atoms with E-state index in [0.717, 1.165) is 50.5 Å². The summed E-state index contributed by atoms with van der Waals surface area (Å²) in [5.74, 6) is 1.46. The van der Waals surface area contributed by atoms with Crippen LogP contribution in [0, 0.1) is 5.92 Å². The van der Waals surface area contributed by atoms with Crippen molar-refractivity contribution in [3.63, 3.8) is 0 Å². The molecule has 2 aliphatic heterocycles. The topological polar surface area (TPSA) is 47.6 Å². The van der Waals surface area contributed by atoms with Gasteiger partial charge in [0, 0.05) is 44.2 Å². The highest BCUT2D eigenvalue weighted by Crippen LogP contribution is 2.30. The molecular formula is C23H27NO3. The first-order valence-electron chi connectivity index (χ1n) is 9.91. The van der Waals surface area contributed by atoms with Gasteiger partial charge in [-0.15, -0.1) is 0 Å². The van der Waals surface area contributed by atoms with E-state index in [1.165, 1.54) is 5.56 Å². The van der Waals surface area contributed by atoms with Crippen molar-refractivity contribution in [2.75, 3.05) is 26.3 Å². The number of ether oxygens (including phenoxy) is 2. The lowest BCUT2D eigenvalue weighted by Gasteiger charge is -2.23. The first kappa shape index (κ1) is 18.2. The van der Waals surface area contributed by atoms with Gasteiger partial charge in [0.15, 0.2) is 0 Å². The second-order valence-electron chi connectivity index (χ2n) is 7.50. The summed E-state index contributed by atoms with van der Waals surface area (Å²) in [4.78, 5) is 13.0. The fourth-order valence-electron chi connectivity index (χ4n) is 4.11. The van der Waals surface area contributed by atoms with Gasteiger partial charge >= 0.3 is 0 Å². The Labute approximate surface area is 160 Å². The van der Waals surface area contributed by atoms with Gasteiger partial charge in [0.2, 0.25) is 0 Å². The van der Waals surface area contributed by atoms with Gasteiger partial charge in [-0.25, -0.2) is 0 Å². The van der Waals surface area contributed by atoms with Gasteiger partial charge in [0.25, 0.3) is 0 Å². The molecule has 0 saturated carbocycles. The van der Waals surface area contributed by atoms with Crippen LogP contribution in [0.2, 0.25) is 0 Å². The quantitative estimate of drug-likeness (QED) is 0.853. The molecule has 2 heterocycles. The monoisotopic (exact) mass is 365 g/mol. The minimum atomic E-state index is 0.0347. The summed E-state index contributed by atoms with van der Waals surface area (Å²) in [7, 11) is 0. The predicted octanol–water partition coefficient (Wildman–Crippen LogP) is 3.36. The Balaban J connectivity index is 1.41. The molecule has 142 valence electrons. The lowest BCUT2D eigenvalue weighted by atomic mass is 9.84. The molecule has 0 aromatic heterocycles. The van der Waals surface area contributed by atoms with Crippen LogP contribution < -0.4 is 10.1 Å². The Bertz CT molecular complexity index is 755. The van der Waals surface area contributed by atoms with E-state index in [0.29, 0.717) is 12.2 Å². The number of carbonyl (C=O) groups excluding carboxylic acids is 1. The van der Waals surface area contributed by atoms with Gasteiger partial charge in [0.1, 0.15) is 17.6 Å². The van der Waals surface area contributed by atoms with E-state index in [1.54, 1.807) is 0 Å². The van der Waals surface area contributed by atoms with Gasteiger partial charge in [0.05, 0.1) is 13.2 Å². The van der Waals surface area contributed by atoms with Crippen LogP contribution in [0.15, 0.2) is 54.6 Å². The van der Waals surface area contributed by atoms with Crippen LogP contribution in [0.5, 0.6) is 5.75 Å².